The van der Waals surface area contributed by atoms with Crippen molar-refractivity contribution in [2.24, 2.45) is 44.6 Å². The number of aliphatic carboxylic acids is 1. The van der Waals surface area contributed by atoms with Gasteiger partial charge in [0, 0.05) is 13.1 Å². The van der Waals surface area contributed by atoms with Crippen LogP contribution in [0.4, 0.5) is 0 Å². The van der Waals surface area contributed by atoms with E-state index in [0.29, 0.717) is 25.8 Å². The van der Waals surface area contributed by atoms with Crippen molar-refractivity contribution in [1.29, 1.82) is 0 Å². The number of carboxylic acids is 1. The molecule has 3 amide bonds. The summed E-state index contributed by atoms with van der Waals surface area (Å²) >= 11 is 0. The lowest BCUT2D eigenvalue weighted by Crippen LogP contribution is -2.55. The minimum absolute atomic E-state index is 0.0563. The predicted molar refractivity (Wildman–Crippen MR) is 127 cm³/mol. The predicted octanol–water partition coefficient (Wildman–Crippen LogP) is -3.75. The summed E-state index contributed by atoms with van der Waals surface area (Å²) in [6.07, 6.45) is 1.20. The number of guanidine groups is 2. The largest absolute Gasteiger partial charge is 0.480 e. The second kappa shape index (κ2) is 16.1. The first-order valence-corrected chi connectivity index (χ1v) is 10.8. The van der Waals surface area contributed by atoms with Crippen LogP contribution in [0.3, 0.4) is 0 Å². The van der Waals surface area contributed by atoms with Crippen LogP contribution in [0, 0.1) is 5.92 Å². The normalized spacial score (nSPS) is 13.2. The van der Waals surface area contributed by atoms with Crippen molar-refractivity contribution >= 4 is 35.6 Å². The average molecular weight is 487 g/mol. The molecule has 0 fully saturated rings. The molecular weight excluding hydrogens is 448 g/mol. The maximum atomic E-state index is 12.5. The molecule has 15 heteroatoms. The van der Waals surface area contributed by atoms with Gasteiger partial charge >= 0.3 is 5.97 Å². The highest BCUT2D eigenvalue weighted by Crippen LogP contribution is 2.04. The van der Waals surface area contributed by atoms with Crippen molar-refractivity contribution in [2.45, 2.75) is 57.7 Å². The summed E-state index contributed by atoms with van der Waals surface area (Å²) in [6.45, 7) is 3.49. The van der Waals surface area contributed by atoms with Gasteiger partial charge in [-0.05, 0) is 31.6 Å². The van der Waals surface area contributed by atoms with E-state index in [0.717, 1.165) is 0 Å². The number of nitrogens with two attached hydrogens (primary N) is 5. The molecule has 15 nitrogen and oxygen atoms in total. The van der Waals surface area contributed by atoms with Gasteiger partial charge in [0.1, 0.15) is 12.1 Å². The van der Waals surface area contributed by atoms with Crippen molar-refractivity contribution in [3.63, 3.8) is 0 Å². The first-order chi connectivity index (χ1) is 15.8. The molecule has 0 saturated heterocycles. The van der Waals surface area contributed by atoms with E-state index in [1.54, 1.807) is 13.8 Å². The van der Waals surface area contributed by atoms with E-state index >= 15 is 0 Å². The molecular formula is C19H38N10O5. The Bertz CT molecular complexity index is 748. The Morgan fingerprint density at radius 1 is 0.853 bits per heavy atom. The lowest BCUT2D eigenvalue weighted by molar-refractivity contribution is -0.142. The molecule has 0 aliphatic carbocycles. The quantitative estimate of drug-likeness (QED) is 0.0583. The van der Waals surface area contributed by atoms with Gasteiger partial charge in [-0.25, -0.2) is 4.79 Å². The molecule has 0 spiro atoms. The summed E-state index contributed by atoms with van der Waals surface area (Å²) in [7, 11) is 0. The number of rotatable bonds is 16. The Morgan fingerprint density at radius 2 is 1.38 bits per heavy atom. The second-order valence-electron chi connectivity index (χ2n) is 7.91. The topological polar surface area (TPSA) is 279 Å². The third-order valence-corrected chi connectivity index (χ3v) is 4.55. The maximum Gasteiger partial charge on any atom is 0.326 e. The molecule has 0 bridgehead atoms. The number of hydrogen-bond acceptors (Lipinski definition) is 7. The van der Waals surface area contributed by atoms with Gasteiger partial charge in [-0.15, -0.1) is 0 Å². The summed E-state index contributed by atoms with van der Waals surface area (Å²) in [4.78, 5) is 55.9. The Labute approximate surface area is 198 Å². The first-order valence-electron chi connectivity index (χ1n) is 10.8. The molecule has 14 N–H and O–H groups in total. The maximum absolute atomic E-state index is 12.5. The van der Waals surface area contributed by atoms with Crippen molar-refractivity contribution < 1.29 is 24.3 Å². The molecule has 194 valence electrons. The number of carbonyl (C=O) groups is 4. The highest BCUT2D eigenvalue weighted by atomic mass is 16.4. The van der Waals surface area contributed by atoms with Crippen molar-refractivity contribution in [3.8, 4) is 0 Å². The third kappa shape index (κ3) is 13.7. The van der Waals surface area contributed by atoms with Gasteiger partial charge in [-0.3, -0.25) is 24.4 Å². The number of nitrogens with one attached hydrogen (secondary N) is 3. The fourth-order valence-electron chi connectivity index (χ4n) is 2.73. The van der Waals surface area contributed by atoms with Gasteiger partial charge in [0.15, 0.2) is 11.9 Å². The SMILES string of the molecule is CC(C)C(NC(=O)C(N)CCCN=C(N)N)C(=O)NCC(=O)NC(CCCN=C(N)N)C(=O)O. The van der Waals surface area contributed by atoms with Gasteiger partial charge in [-0.2, -0.15) is 0 Å². The zero-order valence-electron chi connectivity index (χ0n) is 19.6. The number of nitrogens with zero attached hydrogens (tertiary/aromatic N) is 2. The van der Waals surface area contributed by atoms with Gasteiger partial charge in [0.2, 0.25) is 17.7 Å². The Hall–Kier alpha value is -3.62. The van der Waals surface area contributed by atoms with E-state index < -0.39 is 48.4 Å². The molecule has 0 rings (SSSR count). The fourth-order valence-corrected chi connectivity index (χ4v) is 2.73. The van der Waals surface area contributed by atoms with Gasteiger partial charge in [0.05, 0.1) is 12.6 Å². The number of aliphatic imine (C=N–C) groups is 2. The number of carbonyl (C=O) groups excluding carboxylic acids is 3. The minimum atomic E-state index is -1.23. The lowest BCUT2D eigenvalue weighted by Gasteiger charge is -2.23. The van der Waals surface area contributed by atoms with E-state index in [4.69, 9.17) is 28.7 Å². The minimum Gasteiger partial charge on any atom is -0.480 e. The van der Waals surface area contributed by atoms with Gasteiger partial charge in [-0.1, -0.05) is 13.8 Å². The van der Waals surface area contributed by atoms with Gasteiger partial charge < -0.3 is 49.7 Å². The van der Waals surface area contributed by atoms with Crippen LogP contribution in [0.15, 0.2) is 9.98 Å². The molecule has 0 aromatic heterocycles. The molecule has 0 aromatic carbocycles. The third-order valence-electron chi connectivity index (χ3n) is 4.55. The van der Waals surface area contributed by atoms with Crippen LogP contribution in [0.5, 0.6) is 0 Å². The number of carboxylic acid groups (broad SMARTS) is 1. The molecule has 34 heavy (non-hydrogen) atoms. The Balaban J connectivity index is 4.69. The van der Waals surface area contributed by atoms with Crippen LogP contribution in [0.2, 0.25) is 0 Å². The molecule has 0 aromatic rings. The first kappa shape index (κ1) is 30.4. The monoisotopic (exact) mass is 486 g/mol. The van der Waals surface area contributed by atoms with Crippen LogP contribution in [-0.4, -0.2) is 78.5 Å². The van der Waals surface area contributed by atoms with Crippen molar-refractivity contribution in [2.75, 3.05) is 19.6 Å². The lowest BCUT2D eigenvalue weighted by atomic mass is 10.0. The summed E-state index contributed by atoms with van der Waals surface area (Å²) in [5.41, 5.74) is 26.7. The molecule has 3 atom stereocenters. The molecule has 3 unspecified atom stereocenters. The van der Waals surface area contributed by atoms with Crippen LogP contribution in [0.1, 0.15) is 39.5 Å². The standard InChI is InChI=1S/C19H38N10O5/c1-10(2)14(29-15(31)11(20)5-3-7-25-18(21)22)16(32)27-9-13(30)28-12(17(33)34)6-4-8-26-19(23)24/h10-12,14H,3-9,20H2,1-2H3,(H,27,32)(H,28,30)(H,29,31)(H,33,34)(H4,21,22,25)(H4,23,24,26). The molecule has 0 saturated carbocycles. The molecule has 0 aliphatic heterocycles. The van der Waals surface area contributed by atoms with Crippen LogP contribution < -0.4 is 44.6 Å². The van der Waals surface area contributed by atoms with E-state index in [9.17, 15) is 24.3 Å². The summed E-state index contributed by atoms with van der Waals surface area (Å²) in [5, 5.41) is 16.6. The summed E-state index contributed by atoms with van der Waals surface area (Å²) in [5.74, 6) is -3.54. The van der Waals surface area contributed by atoms with Gasteiger partial charge in [0.25, 0.3) is 0 Å². The smallest absolute Gasteiger partial charge is 0.326 e. The molecule has 0 radical (unpaired) electrons. The fraction of sp³-hybridized carbons (Fsp3) is 0.684. The molecule has 0 heterocycles. The zero-order chi connectivity index (χ0) is 26.3. The van der Waals surface area contributed by atoms with Crippen LogP contribution >= 0.6 is 0 Å². The van der Waals surface area contributed by atoms with Crippen molar-refractivity contribution in [3.05, 3.63) is 0 Å². The van der Waals surface area contributed by atoms with E-state index in [1.165, 1.54) is 0 Å². The van der Waals surface area contributed by atoms with Crippen molar-refractivity contribution in [1.82, 2.24) is 16.0 Å². The Morgan fingerprint density at radius 3 is 1.85 bits per heavy atom. The summed E-state index contributed by atoms with van der Waals surface area (Å²) < 4.78 is 0. The van der Waals surface area contributed by atoms with E-state index in [2.05, 4.69) is 25.9 Å². The highest BCUT2D eigenvalue weighted by molar-refractivity contribution is 5.92. The Kier molecular flexibility index (Phi) is 14.4. The second-order valence-corrected chi connectivity index (χ2v) is 7.91. The molecule has 0 aliphatic rings. The average Bonchev–Trinajstić information content (AvgIpc) is 2.74. The summed E-state index contributed by atoms with van der Waals surface area (Å²) in [6, 6.07) is -2.99. The van der Waals surface area contributed by atoms with E-state index in [1.807, 2.05) is 0 Å². The zero-order valence-corrected chi connectivity index (χ0v) is 19.6. The van der Waals surface area contributed by atoms with E-state index in [-0.39, 0.29) is 30.8 Å². The number of amides is 3. The van der Waals surface area contributed by atoms with Crippen LogP contribution in [-0.2, 0) is 19.2 Å². The van der Waals surface area contributed by atoms with Crippen LogP contribution in [0.25, 0.3) is 0 Å². The highest BCUT2D eigenvalue weighted by Gasteiger charge is 2.27. The number of hydrogen-bond donors (Lipinski definition) is 9.